The van der Waals surface area contributed by atoms with Crippen LogP contribution in [0.2, 0.25) is 0 Å². The Morgan fingerprint density at radius 2 is 1.92 bits per heavy atom. The van der Waals surface area contributed by atoms with Crippen LogP contribution < -0.4 is 5.32 Å². The molecule has 3 rings (SSSR count). The van der Waals surface area contributed by atoms with E-state index in [0.717, 1.165) is 16.7 Å². The van der Waals surface area contributed by atoms with E-state index in [9.17, 15) is 9.18 Å². The van der Waals surface area contributed by atoms with E-state index in [1.54, 1.807) is 12.1 Å². The van der Waals surface area contributed by atoms with Gasteiger partial charge in [-0.1, -0.05) is 41.6 Å². The zero-order valence-corrected chi connectivity index (χ0v) is 14.7. The first-order valence-corrected chi connectivity index (χ1v) is 8.46. The van der Waals surface area contributed by atoms with Gasteiger partial charge in [0.2, 0.25) is 17.6 Å². The first-order valence-electron chi connectivity index (χ1n) is 8.46. The molecule has 0 aliphatic rings. The minimum atomic E-state index is -0.298. The largest absolute Gasteiger partial charge is 0.350 e. The molecule has 0 saturated heterocycles. The molecule has 26 heavy (non-hydrogen) atoms. The second kappa shape index (κ2) is 7.91. The number of carbonyl (C=O) groups excluding carboxylic acids is 1. The molecule has 0 bridgehead atoms. The molecule has 1 unspecified atom stereocenters. The van der Waals surface area contributed by atoms with Gasteiger partial charge in [-0.15, -0.1) is 0 Å². The minimum absolute atomic E-state index is 0.127. The number of rotatable bonds is 6. The van der Waals surface area contributed by atoms with Crippen molar-refractivity contribution in [2.75, 3.05) is 0 Å². The summed E-state index contributed by atoms with van der Waals surface area (Å²) in [6.45, 7) is 3.84. The first kappa shape index (κ1) is 17.8. The molecule has 0 fully saturated rings. The molecule has 134 valence electrons. The maximum absolute atomic E-state index is 13.0. The molecular weight excluding hydrogens is 333 g/mol. The number of carbonyl (C=O) groups is 1. The summed E-state index contributed by atoms with van der Waals surface area (Å²) in [7, 11) is 0. The van der Waals surface area contributed by atoms with E-state index in [1.807, 2.05) is 38.1 Å². The van der Waals surface area contributed by atoms with Gasteiger partial charge in [0.05, 0.1) is 6.04 Å². The van der Waals surface area contributed by atoms with Gasteiger partial charge in [0.25, 0.3) is 0 Å². The Bertz CT molecular complexity index is 890. The van der Waals surface area contributed by atoms with Crippen LogP contribution in [0.5, 0.6) is 0 Å². The fraction of sp³-hybridized carbons (Fsp3) is 0.250. The number of nitrogens with one attached hydrogen (secondary N) is 1. The second-order valence-electron chi connectivity index (χ2n) is 6.17. The molecule has 0 spiro atoms. The number of nitrogens with zero attached hydrogens (tertiary/aromatic N) is 2. The summed E-state index contributed by atoms with van der Waals surface area (Å²) in [4.78, 5) is 16.5. The van der Waals surface area contributed by atoms with Crippen molar-refractivity contribution in [3.8, 4) is 11.4 Å². The third-order valence-corrected chi connectivity index (χ3v) is 4.17. The van der Waals surface area contributed by atoms with E-state index in [0.29, 0.717) is 18.1 Å². The van der Waals surface area contributed by atoms with Gasteiger partial charge >= 0.3 is 0 Å². The number of hydrogen-bond acceptors (Lipinski definition) is 4. The van der Waals surface area contributed by atoms with Gasteiger partial charge in [0.1, 0.15) is 5.82 Å². The van der Waals surface area contributed by atoms with E-state index < -0.39 is 0 Å². The molecular formula is C20H20FN3O2. The molecule has 5 nitrogen and oxygen atoms in total. The number of amides is 1. The van der Waals surface area contributed by atoms with E-state index in [-0.39, 0.29) is 24.2 Å². The van der Waals surface area contributed by atoms with Crippen molar-refractivity contribution in [1.82, 2.24) is 15.5 Å². The van der Waals surface area contributed by atoms with Crippen molar-refractivity contribution in [3.05, 3.63) is 71.4 Å². The Balaban J connectivity index is 1.55. The Morgan fingerprint density at radius 1 is 1.19 bits per heavy atom. The fourth-order valence-electron chi connectivity index (χ4n) is 2.66. The SMILES string of the molecule is Cc1ccccc1-c1noc(CCC(=O)NC(C)c2ccc(F)cc2)n1. The zero-order valence-electron chi connectivity index (χ0n) is 14.7. The van der Waals surface area contributed by atoms with Crippen LogP contribution in [-0.4, -0.2) is 16.0 Å². The molecule has 1 heterocycles. The summed E-state index contributed by atoms with van der Waals surface area (Å²) in [6.07, 6.45) is 0.599. The normalized spacial score (nSPS) is 12.0. The summed E-state index contributed by atoms with van der Waals surface area (Å²) < 4.78 is 18.2. The predicted molar refractivity (Wildman–Crippen MR) is 95.7 cm³/mol. The monoisotopic (exact) mass is 353 g/mol. The van der Waals surface area contributed by atoms with Crippen LogP contribution in [-0.2, 0) is 11.2 Å². The van der Waals surface area contributed by atoms with Crippen LogP contribution in [0.25, 0.3) is 11.4 Å². The molecule has 1 aromatic heterocycles. The maximum Gasteiger partial charge on any atom is 0.227 e. The number of benzene rings is 2. The van der Waals surface area contributed by atoms with E-state index in [1.165, 1.54) is 12.1 Å². The van der Waals surface area contributed by atoms with Gasteiger partial charge in [-0.3, -0.25) is 4.79 Å². The summed E-state index contributed by atoms with van der Waals surface area (Å²) in [5.74, 6) is 0.525. The maximum atomic E-state index is 13.0. The molecule has 2 aromatic carbocycles. The number of halogens is 1. The van der Waals surface area contributed by atoms with Crippen molar-refractivity contribution in [2.24, 2.45) is 0 Å². The minimum Gasteiger partial charge on any atom is -0.350 e. The van der Waals surface area contributed by atoms with Crippen LogP contribution in [0.15, 0.2) is 53.1 Å². The molecule has 1 atom stereocenters. The third kappa shape index (κ3) is 4.33. The van der Waals surface area contributed by atoms with Crippen molar-refractivity contribution in [3.63, 3.8) is 0 Å². The van der Waals surface area contributed by atoms with Crippen LogP contribution in [0, 0.1) is 12.7 Å². The van der Waals surface area contributed by atoms with E-state index in [4.69, 9.17) is 4.52 Å². The highest BCUT2D eigenvalue weighted by atomic mass is 19.1. The molecule has 1 amide bonds. The Morgan fingerprint density at radius 3 is 2.65 bits per heavy atom. The highest BCUT2D eigenvalue weighted by Crippen LogP contribution is 2.20. The lowest BCUT2D eigenvalue weighted by Gasteiger charge is -2.13. The lowest BCUT2D eigenvalue weighted by atomic mass is 10.1. The van der Waals surface area contributed by atoms with Gasteiger partial charge in [-0.25, -0.2) is 4.39 Å². The number of aromatic nitrogens is 2. The summed E-state index contributed by atoms with van der Waals surface area (Å²) in [5.41, 5.74) is 2.82. The van der Waals surface area contributed by atoms with Crippen LogP contribution >= 0.6 is 0 Å². The van der Waals surface area contributed by atoms with Crippen molar-refractivity contribution in [1.29, 1.82) is 0 Å². The van der Waals surface area contributed by atoms with E-state index >= 15 is 0 Å². The average Bonchev–Trinajstić information content (AvgIpc) is 3.09. The third-order valence-electron chi connectivity index (χ3n) is 4.17. The lowest BCUT2D eigenvalue weighted by Crippen LogP contribution is -2.26. The van der Waals surface area contributed by atoms with E-state index in [2.05, 4.69) is 15.5 Å². The highest BCUT2D eigenvalue weighted by molar-refractivity contribution is 5.76. The van der Waals surface area contributed by atoms with Crippen LogP contribution in [0.4, 0.5) is 4.39 Å². The van der Waals surface area contributed by atoms with Gasteiger partial charge < -0.3 is 9.84 Å². The molecule has 1 N–H and O–H groups in total. The van der Waals surface area contributed by atoms with Gasteiger partial charge in [-0.05, 0) is 37.1 Å². The van der Waals surface area contributed by atoms with Gasteiger partial charge in [-0.2, -0.15) is 4.98 Å². The van der Waals surface area contributed by atoms with Crippen LogP contribution in [0.1, 0.15) is 36.4 Å². The highest BCUT2D eigenvalue weighted by Gasteiger charge is 2.14. The predicted octanol–water partition coefficient (Wildman–Crippen LogP) is 3.99. The zero-order chi connectivity index (χ0) is 18.5. The number of aryl methyl sites for hydroxylation is 2. The average molecular weight is 353 g/mol. The molecule has 0 aliphatic heterocycles. The van der Waals surface area contributed by atoms with Crippen LogP contribution in [0.3, 0.4) is 0 Å². The lowest BCUT2D eigenvalue weighted by molar-refractivity contribution is -0.121. The van der Waals surface area contributed by atoms with Gasteiger partial charge in [0.15, 0.2) is 0 Å². The number of hydrogen-bond donors (Lipinski definition) is 1. The first-order chi connectivity index (χ1) is 12.5. The van der Waals surface area contributed by atoms with Crippen molar-refractivity contribution < 1.29 is 13.7 Å². The molecule has 3 aromatic rings. The Kier molecular flexibility index (Phi) is 5.41. The summed E-state index contributed by atoms with van der Waals surface area (Å²) >= 11 is 0. The van der Waals surface area contributed by atoms with Crippen molar-refractivity contribution >= 4 is 5.91 Å². The Labute approximate surface area is 151 Å². The fourth-order valence-corrected chi connectivity index (χ4v) is 2.66. The molecule has 6 heteroatoms. The Hall–Kier alpha value is -3.02. The van der Waals surface area contributed by atoms with Crippen molar-refractivity contribution in [2.45, 2.75) is 32.7 Å². The molecule has 0 radical (unpaired) electrons. The second-order valence-corrected chi connectivity index (χ2v) is 6.17. The quantitative estimate of drug-likeness (QED) is 0.727. The smallest absolute Gasteiger partial charge is 0.227 e. The molecule has 0 saturated carbocycles. The van der Waals surface area contributed by atoms with Gasteiger partial charge in [0, 0.05) is 18.4 Å². The summed E-state index contributed by atoms with van der Waals surface area (Å²) in [5, 5.41) is 6.87. The molecule has 0 aliphatic carbocycles. The standard InChI is InChI=1S/C20H20FN3O2/c1-13-5-3-4-6-17(13)20-23-19(26-24-20)12-11-18(25)22-14(2)15-7-9-16(21)10-8-15/h3-10,14H,11-12H2,1-2H3,(H,22,25). The topological polar surface area (TPSA) is 68.0 Å². The summed E-state index contributed by atoms with van der Waals surface area (Å²) in [6, 6.07) is 13.7.